The van der Waals surface area contributed by atoms with Gasteiger partial charge in [-0.05, 0) is 84.1 Å². The number of benzene rings is 9. The van der Waals surface area contributed by atoms with E-state index in [9.17, 15) is 0 Å². The summed E-state index contributed by atoms with van der Waals surface area (Å²) in [5.74, 6) is 1.97. The maximum Gasteiger partial charge on any atom is 0.268 e. The standard InChI is InChI=1S/C64H44N4O.Pt/c1-64(2,3)45-36-37-65-59(38-45)68-58-40-48(34-35-54(58)61-55-31-15-23-44-22-14-30-52(60(44)55)51-26-10-11-27-53(51)63(61)68)69-47-25-16-24-46(39-47)66-41-67(57-33-13-12-32-56(57)66)62-49(42-18-6-4-7-19-42)28-17-29-50(62)43-20-8-5-9-21-43;/h4-38H,1-3H3;/q-2;. The molecule has 12 aromatic rings. The van der Waals surface area contributed by atoms with Gasteiger partial charge >= 0.3 is 0 Å². The zero-order valence-corrected chi connectivity index (χ0v) is 41.0. The minimum Gasteiger partial charge on any atom is -0.510 e. The van der Waals surface area contributed by atoms with Crippen LogP contribution >= 0.6 is 0 Å². The van der Waals surface area contributed by atoms with Gasteiger partial charge in [0.1, 0.15) is 5.82 Å². The minimum absolute atomic E-state index is 0. The van der Waals surface area contributed by atoms with Gasteiger partial charge in [-0.3, -0.25) is 4.57 Å². The molecular weight excluding hydrogens is 1040 g/mol. The Bertz CT molecular complexity index is 3910. The third kappa shape index (κ3) is 7.11. The summed E-state index contributed by atoms with van der Waals surface area (Å²) in [7, 11) is 0. The maximum atomic E-state index is 6.84. The molecule has 0 bridgehead atoms. The van der Waals surface area contributed by atoms with Crippen molar-refractivity contribution in [3.8, 4) is 84.5 Å². The largest absolute Gasteiger partial charge is 0.510 e. The van der Waals surface area contributed by atoms with E-state index in [2.05, 4.69) is 241 Å². The molecule has 0 unspecified atom stereocenters. The van der Waals surface area contributed by atoms with E-state index >= 15 is 0 Å². The molecule has 3 aromatic heterocycles. The Labute approximate surface area is 421 Å². The molecular formula is C64H44N4OPt-2. The molecule has 0 spiro atoms. The van der Waals surface area contributed by atoms with Crippen molar-refractivity contribution in [2.24, 2.45) is 0 Å². The third-order valence-electron chi connectivity index (χ3n) is 13.5. The summed E-state index contributed by atoms with van der Waals surface area (Å²) >= 11 is 0. The Hall–Kier alpha value is -8.11. The first-order valence-electron chi connectivity index (χ1n) is 23.5. The second-order valence-corrected chi connectivity index (χ2v) is 18.7. The van der Waals surface area contributed by atoms with Crippen molar-refractivity contribution in [2.45, 2.75) is 26.2 Å². The predicted molar refractivity (Wildman–Crippen MR) is 279 cm³/mol. The molecule has 1 aliphatic rings. The molecule has 5 nitrogen and oxygen atoms in total. The molecule has 338 valence electrons. The fraction of sp³-hybridized carbons (Fsp3) is 0.0625. The zero-order valence-electron chi connectivity index (χ0n) is 38.7. The summed E-state index contributed by atoms with van der Waals surface area (Å²) in [4.78, 5) is 5.10. The van der Waals surface area contributed by atoms with Crippen LogP contribution in [0, 0.1) is 18.5 Å². The zero-order chi connectivity index (χ0) is 46.2. The third-order valence-corrected chi connectivity index (χ3v) is 13.5. The van der Waals surface area contributed by atoms with Crippen LogP contribution in [0.3, 0.4) is 0 Å². The molecule has 13 rings (SSSR count). The smallest absolute Gasteiger partial charge is 0.268 e. The van der Waals surface area contributed by atoms with Crippen LogP contribution in [0.1, 0.15) is 26.3 Å². The molecule has 70 heavy (non-hydrogen) atoms. The molecule has 1 aliphatic carbocycles. The Kier molecular flexibility index (Phi) is 10.6. The number of hydrogen-bond acceptors (Lipinski definition) is 2. The predicted octanol–water partition coefficient (Wildman–Crippen LogP) is 15.5. The van der Waals surface area contributed by atoms with Crippen molar-refractivity contribution in [2.75, 3.05) is 0 Å². The van der Waals surface area contributed by atoms with Gasteiger partial charge in [-0.2, -0.15) is 18.2 Å². The Morgan fingerprint density at radius 2 is 1.16 bits per heavy atom. The molecule has 6 heteroatoms. The number of hydrogen-bond donors (Lipinski definition) is 0. The number of imidazole rings is 1. The molecule has 0 saturated carbocycles. The average molecular weight is 1080 g/mol. The number of nitrogens with zero attached hydrogens (tertiary/aromatic N) is 4. The first-order chi connectivity index (χ1) is 33.9. The van der Waals surface area contributed by atoms with Crippen LogP contribution < -0.4 is 9.30 Å². The first kappa shape index (κ1) is 43.2. The van der Waals surface area contributed by atoms with E-state index in [1.54, 1.807) is 0 Å². The normalized spacial score (nSPS) is 11.8. The van der Waals surface area contributed by atoms with Crippen LogP contribution in [0.15, 0.2) is 212 Å². The SMILES string of the molecule is CC(C)(C)c1ccnc(-n2c3c(c4ccc(Oc5[c-]c(-n6[c-][n+](-c7c(-c8ccccc8)cccc7-c7ccccc7)c7ccccc76)ccc5)[c-]c42)-c2cccc4cccc(c24)-c2ccccc2-3)c1.[Pt]. The van der Waals surface area contributed by atoms with Crippen LogP contribution in [-0.2, 0) is 26.5 Å². The number of pyridine rings is 1. The van der Waals surface area contributed by atoms with E-state index in [1.165, 1.54) is 33.0 Å². The number of aromatic nitrogens is 4. The Balaban J connectivity index is 0.00000505. The van der Waals surface area contributed by atoms with Gasteiger partial charge in [0.05, 0.1) is 16.7 Å². The number of ether oxygens (including phenoxy) is 1. The van der Waals surface area contributed by atoms with Gasteiger partial charge in [0.15, 0.2) is 0 Å². The summed E-state index contributed by atoms with van der Waals surface area (Å²) in [5, 5.41) is 3.51. The summed E-state index contributed by atoms with van der Waals surface area (Å²) in [6.45, 7) is 6.74. The summed E-state index contributed by atoms with van der Waals surface area (Å²) < 4.78 is 13.4. The maximum absolute atomic E-state index is 6.84. The fourth-order valence-corrected chi connectivity index (χ4v) is 10.3. The van der Waals surface area contributed by atoms with Crippen molar-refractivity contribution in [1.82, 2.24) is 14.1 Å². The second kappa shape index (κ2) is 17.1. The van der Waals surface area contributed by atoms with E-state index in [0.29, 0.717) is 11.5 Å². The summed E-state index contributed by atoms with van der Waals surface area (Å²) in [6, 6.07) is 80.2. The molecule has 0 aliphatic heterocycles. The number of fused-ring (bicyclic) bond motifs is 8. The van der Waals surface area contributed by atoms with Crippen molar-refractivity contribution < 1.29 is 30.4 Å². The van der Waals surface area contributed by atoms with E-state index < -0.39 is 0 Å². The van der Waals surface area contributed by atoms with Crippen LogP contribution in [0.5, 0.6) is 11.5 Å². The van der Waals surface area contributed by atoms with Crippen LogP contribution in [0.4, 0.5) is 0 Å². The summed E-state index contributed by atoms with van der Waals surface area (Å²) in [6.07, 6.45) is 5.72. The fourth-order valence-electron chi connectivity index (χ4n) is 10.3. The topological polar surface area (TPSA) is 35.9 Å². The van der Waals surface area contributed by atoms with Gasteiger partial charge in [-0.1, -0.05) is 190 Å². The van der Waals surface area contributed by atoms with Crippen molar-refractivity contribution in [1.29, 1.82) is 0 Å². The monoisotopic (exact) mass is 1080 g/mol. The molecule has 0 amide bonds. The Morgan fingerprint density at radius 3 is 1.90 bits per heavy atom. The number of rotatable bonds is 7. The Morgan fingerprint density at radius 1 is 0.543 bits per heavy atom. The van der Waals surface area contributed by atoms with Gasteiger partial charge in [-0.15, -0.1) is 29.7 Å². The van der Waals surface area contributed by atoms with E-state index in [0.717, 1.165) is 78.2 Å². The molecule has 0 radical (unpaired) electrons. The first-order valence-corrected chi connectivity index (χ1v) is 23.5. The molecule has 0 saturated heterocycles. The average Bonchev–Trinajstić information content (AvgIpc) is 3.91. The van der Waals surface area contributed by atoms with Gasteiger partial charge in [0, 0.05) is 50.0 Å². The van der Waals surface area contributed by atoms with E-state index in [1.807, 2.05) is 24.4 Å². The van der Waals surface area contributed by atoms with Gasteiger partial charge < -0.3 is 13.9 Å². The van der Waals surface area contributed by atoms with Gasteiger partial charge in [0.2, 0.25) is 0 Å². The van der Waals surface area contributed by atoms with Crippen LogP contribution in [0.25, 0.3) is 106 Å². The molecule has 0 atom stereocenters. The quantitative estimate of drug-likeness (QED) is 0.118. The van der Waals surface area contributed by atoms with Crippen LogP contribution in [0.2, 0.25) is 0 Å². The van der Waals surface area contributed by atoms with Crippen molar-refractivity contribution >= 4 is 32.7 Å². The molecule has 9 aromatic carbocycles. The second-order valence-electron chi connectivity index (χ2n) is 18.7. The number of para-hydroxylation sites is 3. The minimum atomic E-state index is -0.0899. The van der Waals surface area contributed by atoms with Gasteiger partial charge in [0.25, 0.3) is 6.33 Å². The summed E-state index contributed by atoms with van der Waals surface area (Å²) in [5.41, 5.74) is 17.3. The van der Waals surface area contributed by atoms with Crippen molar-refractivity contribution in [3.63, 3.8) is 0 Å². The molecule has 0 fully saturated rings. The molecule has 0 N–H and O–H groups in total. The van der Waals surface area contributed by atoms with E-state index in [-0.39, 0.29) is 26.5 Å². The van der Waals surface area contributed by atoms with Gasteiger partial charge in [-0.25, -0.2) is 4.98 Å². The van der Waals surface area contributed by atoms with E-state index in [4.69, 9.17) is 9.72 Å². The molecule has 3 heterocycles. The van der Waals surface area contributed by atoms with Crippen LogP contribution in [-0.4, -0.2) is 14.1 Å². The van der Waals surface area contributed by atoms with Crippen molar-refractivity contribution in [3.05, 3.63) is 236 Å².